The van der Waals surface area contributed by atoms with E-state index in [-0.39, 0.29) is 24.1 Å². The summed E-state index contributed by atoms with van der Waals surface area (Å²) in [6.07, 6.45) is 8.67. The quantitative estimate of drug-likeness (QED) is 0.545. The average Bonchev–Trinajstić information content (AvgIpc) is 3.18. The van der Waals surface area contributed by atoms with Crippen LogP contribution in [0.4, 0.5) is 11.9 Å². The van der Waals surface area contributed by atoms with E-state index in [0.29, 0.717) is 18.4 Å². The molecule has 3 aromatic heterocycles. The number of nitrogens with one attached hydrogen (secondary N) is 2. The zero-order chi connectivity index (χ0) is 21.1. The Morgan fingerprint density at radius 3 is 2.87 bits per heavy atom. The molecule has 3 heterocycles. The summed E-state index contributed by atoms with van der Waals surface area (Å²) < 4.78 is 3.24. The normalized spacial score (nSPS) is 19.2. The Bertz CT molecular complexity index is 1070. The Kier molecular flexibility index (Phi) is 5.98. The first-order valence-corrected chi connectivity index (χ1v) is 10.6. The number of pyridine rings is 1. The number of hydrogen-bond donors (Lipinski definition) is 3. The van der Waals surface area contributed by atoms with Crippen LogP contribution in [0.15, 0.2) is 29.3 Å². The maximum Gasteiger partial charge on any atom is 0.250 e. The van der Waals surface area contributed by atoms with Crippen molar-refractivity contribution in [1.82, 2.24) is 24.1 Å². The molecule has 30 heavy (non-hydrogen) atoms. The van der Waals surface area contributed by atoms with Gasteiger partial charge in [-0.05, 0) is 30.9 Å². The molecule has 1 aliphatic rings. The molecule has 2 atom stereocenters. The molecule has 9 heteroatoms. The minimum atomic E-state index is -0.0517. The number of aliphatic hydroxyl groups excluding tert-OH is 1. The fourth-order valence-electron chi connectivity index (χ4n) is 4.01. The van der Waals surface area contributed by atoms with Gasteiger partial charge in [0.15, 0.2) is 5.65 Å². The lowest BCUT2D eigenvalue weighted by Gasteiger charge is -2.30. The van der Waals surface area contributed by atoms with Crippen molar-refractivity contribution in [2.75, 3.05) is 17.2 Å². The maximum atomic E-state index is 11.9. The highest BCUT2D eigenvalue weighted by Crippen LogP contribution is 2.27. The molecular weight excluding hydrogens is 382 g/mol. The zero-order valence-electron chi connectivity index (χ0n) is 17.5. The van der Waals surface area contributed by atoms with Gasteiger partial charge in [-0.25, -0.2) is 0 Å². The van der Waals surface area contributed by atoms with Gasteiger partial charge in [-0.3, -0.25) is 4.79 Å². The lowest BCUT2D eigenvalue weighted by molar-refractivity contribution is 0.178. The van der Waals surface area contributed by atoms with E-state index >= 15 is 0 Å². The molecule has 0 saturated heterocycles. The van der Waals surface area contributed by atoms with Crippen LogP contribution in [-0.4, -0.2) is 41.9 Å². The van der Waals surface area contributed by atoms with Crippen molar-refractivity contribution < 1.29 is 5.11 Å². The molecule has 0 spiro atoms. The highest BCUT2D eigenvalue weighted by atomic mass is 16.3. The Labute approximate surface area is 175 Å². The monoisotopic (exact) mass is 411 g/mol. The Balaban J connectivity index is 1.63. The van der Waals surface area contributed by atoms with Crippen molar-refractivity contribution in [1.29, 1.82) is 0 Å². The van der Waals surface area contributed by atoms with Crippen molar-refractivity contribution in [3.8, 4) is 0 Å². The van der Waals surface area contributed by atoms with Gasteiger partial charge in [0.25, 0.3) is 5.56 Å². The second kappa shape index (κ2) is 8.83. The summed E-state index contributed by atoms with van der Waals surface area (Å²) in [5, 5.41) is 20.9. The van der Waals surface area contributed by atoms with Crippen LogP contribution in [0.1, 0.15) is 43.7 Å². The van der Waals surface area contributed by atoms with E-state index in [0.717, 1.165) is 48.9 Å². The highest BCUT2D eigenvalue weighted by molar-refractivity contribution is 5.54. The van der Waals surface area contributed by atoms with Gasteiger partial charge in [0.2, 0.25) is 11.9 Å². The van der Waals surface area contributed by atoms with Crippen LogP contribution in [-0.2, 0) is 20.0 Å². The van der Waals surface area contributed by atoms with Crippen LogP contribution < -0.4 is 16.2 Å². The second-order valence-electron chi connectivity index (χ2n) is 7.95. The predicted octanol–water partition coefficient (Wildman–Crippen LogP) is 1.96. The van der Waals surface area contributed by atoms with Crippen LogP contribution >= 0.6 is 0 Å². The Hall–Kier alpha value is -2.94. The Morgan fingerprint density at radius 2 is 2.10 bits per heavy atom. The third-order valence-corrected chi connectivity index (χ3v) is 5.90. The number of rotatable bonds is 7. The number of fused-ring (bicyclic) bond motifs is 1. The van der Waals surface area contributed by atoms with Gasteiger partial charge in [0.05, 0.1) is 6.20 Å². The van der Waals surface area contributed by atoms with Gasteiger partial charge >= 0.3 is 0 Å². The van der Waals surface area contributed by atoms with Gasteiger partial charge in [-0.15, -0.1) is 0 Å². The Morgan fingerprint density at radius 1 is 1.27 bits per heavy atom. The summed E-state index contributed by atoms with van der Waals surface area (Å²) in [7, 11) is 1.73. The number of aliphatic hydroxyl groups is 1. The number of aromatic nitrogens is 5. The van der Waals surface area contributed by atoms with Crippen molar-refractivity contribution in [2.45, 2.75) is 51.6 Å². The first-order valence-electron chi connectivity index (χ1n) is 10.6. The van der Waals surface area contributed by atoms with Crippen LogP contribution in [0.25, 0.3) is 5.65 Å². The van der Waals surface area contributed by atoms with Crippen molar-refractivity contribution >= 4 is 17.5 Å². The average molecular weight is 412 g/mol. The second-order valence-corrected chi connectivity index (χ2v) is 7.95. The molecule has 0 amide bonds. The number of hydrogen-bond acceptors (Lipinski definition) is 7. The maximum absolute atomic E-state index is 11.9. The molecule has 1 saturated carbocycles. The topological polar surface area (TPSA) is 109 Å². The summed E-state index contributed by atoms with van der Waals surface area (Å²) in [5.41, 5.74) is 2.62. The zero-order valence-corrected chi connectivity index (χ0v) is 17.5. The fourth-order valence-corrected chi connectivity index (χ4v) is 4.01. The molecule has 0 aromatic carbocycles. The molecule has 3 aromatic rings. The molecule has 160 valence electrons. The van der Waals surface area contributed by atoms with Crippen LogP contribution in [0.2, 0.25) is 0 Å². The third kappa shape index (κ3) is 4.16. The van der Waals surface area contributed by atoms with E-state index in [9.17, 15) is 9.90 Å². The summed E-state index contributed by atoms with van der Waals surface area (Å²) in [6.45, 7) is 2.69. The van der Waals surface area contributed by atoms with Gasteiger partial charge in [-0.1, -0.05) is 19.8 Å². The predicted molar refractivity (Wildman–Crippen MR) is 116 cm³/mol. The van der Waals surface area contributed by atoms with Crippen molar-refractivity contribution in [2.24, 2.45) is 13.0 Å². The molecule has 0 bridgehead atoms. The van der Waals surface area contributed by atoms with E-state index in [2.05, 4.69) is 27.6 Å². The summed E-state index contributed by atoms with van der Waals surface area (Å²) in [5.74, 6) is 1.32. The minimum Gasteiger partial charge on any atom is -0.396 e. The molecule has 3 N–H and O–H groups in total. The molecule has 0 aliphatic heterocycles. The number of nitrogens with zero attached hydrogens (tertiary/aromatic N) is 5. The van der Waals surface area contributed by atoms with Gasteiger partial charge in [-0.2, -0.15) is 19.6 Å². The van der Waals surface area contributed by atoms with Crippen LogP contribution in [0, 0.1) is 5.92 Å². The lowest BCUT2D eigenvalue weighted by atomic mass is 9.85. The SMILES string of the molecule is CCc1cnn2c(NCc3ccn(C)c(=O)c3)nc(NC3CCCCC3CO)nc12. The van der Waals surface area contributed by atoms with E-state index in [1.807, 2.05) is 12.3 Å². The summed E-state index contributed by atoms with van der Waals surface area (Å²) in [6, 6.07) is 3.67. The molecule has 1 fully saturated rings. The number of anilines is 2. The van der Waals surface area contributed by atoms with Crippen molar-refractivity contribution in [3.63, 3.8) is 0 Å². The lowest BCUT2D eigenvalue weighted by Crippen LogP contribution is -2.35. The third-order valence-electron chi connectivity index (χ3n) is 5.90. The first kappa shape index (κ1) is 20.3. The first-order chi connectivity index (χ1) is 14.6. The highest BCUT2D eigenvalue weighted by Gasteiger charge is 2.25. The molecule has 4 rings (SSSR count). The molecular formula is C21H29N7O2. The smallest absolute Gasteiger partial charge is 0.250 e. The van der Waals surface area contributed by atoms with Gasteiger partial charge < -0.3 is 20.3 Å². The fraction of sp³-hybridized carbons (Fsp3) is 0.524. The van der Waals surface area contributed by atoms with Crippen molar-refractivity contribution in [3.05, 3.63) is 46.0 Å². The molecule has 9 nitrogen and oxygen atoms in total. The molecule has 2 unspecified atom stereocenters. The standard InChI is InChI=1S/C21H29N7O2/c1-3-15-12-23-28-19(15)25-20(24-17-7-5-4-6-16(17)13-29)26-21(28)22-11-14-8-9-27(2)18(30)10-14/h8-10,12,16-17,29H,3-7,11,13H2,1-2H3,(H2,22,24,25,26). The van der Waals surface area contributed by atoms with Crippen LogP contribution in [0.5, 0.6) is 0 Å². The van der Waals surface area contributed by atoms with E-state index < -0.39 is 0 Å². The summed E-state index contributed by atoms with van der Waals surface area (Å²) in [4.78, 5) is 21.3. The van der Waals surface area contributed by atoms with E-state index in [1.54, 1.807) is 23.8 Å². The van der Waals surface area contributed by atoms with E-state index in [4.69, 9.17) is 4.98 Å². The largest absolute Gasteiger partial charge is 0.396 e. The minimum absolute atomic E-state index is 0.0517. The summed E-state index contributed by atoms with van der Waals surface area (Å²) >= 11 is 0. The number of aryl methyl sites for hydroxylation is 2. The van der Waals surface area contributed by atoms with Crippen LogP contribution in [0.3, 0.4) is 0 Å². The van der Waals surface area contributed by atoms with E-state index in [1.165, 1.54) is 4.57 Å². The van der Waals surface area contributed by atoms with Gasteiger partial charge in [0.1, 0.15) is 0 Å². The van der Waals surface area contributed by atoms with Gasteiger partial charge in [0, 0.05) is 50.0 Å². The molecule has 1 aliphatic carbocycles. The molecule has 0 radical (unpaired) electrons.